The summed E-state index contributed by atoms with van der Waals surface area (Å²) in [5.41, 5.74) is 1.77. The van der Waals surface area contributed by atoms with Gasteiger partial charge in [0.05, 0.1) is 26.8 Å². The number of carbonyl (C=O) groups excluding carboxylic acids is 2. The van der Waals surface area contributed by atoms with E-state index < -0.39 is 0 Å². The van der Waals surface area contributed by atoms with Crippen LogP contribution in [0.3, 0.4) is 0 Å². The van der Waals surface area contributed by atoms with Gasteiger partial charge >= 0.3 is 0 Å². The Labute approximate surface area is 186 Å². The van der Waals surface area contributed by atoms with Gasteiger partial charge in [0.1, 0.15) is 11.4 Å². The van der Waals surface area contributed by atoms with Crippen LogP contribution in [0.25, 0.3) is 17.0 Å². The molecule has 1 aromatic heterocycles. The fraction of sp³-hybridized carbons (Fsp3) is 0.208. The maximum Gasteiger partial charge on any atom is 0.269 e. The monoisotopic (exact) mass is 435 g/mol. The summed E-state index contributed by atoms with van der Waals surface area (Å²) < 4.78 is 15.7. The number of benzene rings is 2. The number of amides is 2. The Morgan fingerprint density at radius 2 is 1.56 bits per heavy atom. The van der Waals surface area contributed by atoms with Crippen molar-refractivity contribution in [2.24, 2.45) is 0 Å². The topological polar surface area (TPSA) is 98.8 Å². The highest BCUT2D eigenvalue weighted by Gasteiger charge is 2.11. The molecular formula is C24H25N3O5. The van der Waals surface area contributed by atoms with Crippen LogP contribution in [0.2, 0.25) is 0 Å². The molecule has 2 amide bonds. The van der Waals surface area contributed by atoms with Crippen LogP contribution in [0.15, 0.2) is 54.6 Å². The zero-order chi connectivity index (χ0) is 22.9. The predicted octanol–water partition coefficient (Wildman–Crippen LogP) is 2.82. The van der Waals surface area contributed by atoms with E-state index in [4.69, 9.17) is 14.2 Å². The van der Waals surface area contributed by atoms with Gasteiger partial charge in [-0.05, 0) is 35.9 Å². The summed E-state index contributed by atoms with van der Waals surface area (Å²) in [4.78, 5) is 28.7. The average Bonchev–Trinajstić information content (AvgIpc) is 2.84. The normalized spacial score (nSPS) is 10.7. The minimum atomic E-state index is -0.329. The number of carbonyl (C=O) groups is 2. The number of hydrogen-bond acceptors (Lipinski definition) is 6. The van der Waals surface area contributed by atoms with Gasteiger partial charge in [-0.25, -0.2) is 4.98 Å². The van der Waals surface area contributed by atoms with E-state index in [1.807, 2.05) is 24.3 Å². The number of rotatable bonds is 9. The average molecular weight is 435 g/mol. The van der Waals surface area contributed by atoms with E-state index in [0.717, 1.165) is 16.7 Å². The summed E-state index contributed by atoms with van der Waals surface area (Å²) in [5, 5.41) is 6.30. The molecule has 0 radical (unpaired) electrons. The van der Waals surface area contributed by atoms with Gasteiger partial charge in [0.25, 0.3) is 5.91 Å². The fourth-order valence-corrected chi connectivity index (χ4v) is 2.97. The summed E-state index contributed by atoms with van der Waals surface area (Å²) >= 11 is 0. The molecule has 0 aliphatic rings. The van der Waals surface area contributed by atoms with Crippen LogP contribution >= 0.6 is 0 Å². The van der Waals surface area contributed by atoms with Gasteiger partial charge in [0.15, 0.2) is 11.5 Å². The maximum atomic E-state index is 12.4. The molecule has 0 spiro atoms. The predicted molar refractivity (Wildman–Crippen MR) is 122 cm³/mol. The van der Waals surface area contributed by atoms with E-state index in [2.05, 4.69) is 15.6 Å². The van der Waals surface area contributed by atoms with E-state index >= 15 is 0 Å². The van der Waals surface area contributed by atoms with E-state index in [0.29, 0.717) is 17.0 Å². The first kappa shape index (κ1) is 22.6. The second-order valence-corrected chi connectivity index (χ2v) is 6.75. The summed E-state index contributed by atoms with van der Waals surface area (Å²) in [5.74, 6) is 1.30. The van der Waals surface area contributed by atoms with Crippen LogP contribution in [0.1, 0.15) is 16.1 Å². The van der Waals surface area contributed by atoms with Crippen molar-refractivity contribution in [2.45, 2.75) is 0 Å². The van der Waals surface area contributed by atoms with Crippen LogP contribution < -0.4 is 24.8 Å². The Balaban J connectivity index is 1.50. The van der Waals surface area contributed by atoms with Gasteiger partial charge in [-0.3, -0.25) is 9.59 Å². The first-order chi connectivity index (χ1) is 15.5. The molecule has 1 heterocycles. The third-order valence-electron chi connectivity index (χ3n) is 4.68. The molecule has 32 heavy (non-hydrogen) atoms. The lowest BCUT2D eigenvalue weighted by Crippen LogP contribution is -2.34. The lowest BCUT2D eigenvalue weighted by atomic mass is 10.1. The molecule has 3 rings (SSSR count). The summed E-state index contributed by atoms with van der Waals surface area (Å²) in [7, 11) is 4.70. The number of pyridine rings is 1. The minimum Gasteiger partial charge on any atom is -0.497 e. The second kappa shape index (κ2) is 10.8. The van der Waals surface area contributed by atoms with Crippen molar-refractivity contribution in [3.63, 3.8) is 0 Å². The molecule has 8 heteroatoms. The lowest BCUT2D eigenvalue weighted by molar-refractivity contribution is -0.116. The van der Waals surface area contributed by atoms with Gasteiger partial charge < -0.3 is 24.8 Å². The van der Waals surface area contributed by atoms with Gasteiger partial charge in [-0.1, -0.05) is 18.2 Å². The molecule has 0 aliphatic carbocycles. The summed E-state index contributed by atoms with van der Waals surface area (Å²) in [6.45, 7) is 0.558. The van der Waals surface area contributed by atoms with Crippen molar-refractivity contribution in [3.8, 4) is 17.2 Å². The molecule has 0 atom stereocenters. The van der Waals surface area contributed by atoms with Crippen molar-refractivity contribution in [3.05, 3.63) is 65.9 Å². The molecular weight excluding hydrogens is 410 g/mol. The Kier molecular flexibility index (Phi) is 7.64. The Morgan fingerprint density at radius 3 is 2.25 bits per heavy atom. The molecule has 2 aromatic carbocycles. The SMILES string of the molecule is COc1ccc(/C=C/C(=O)NCCNC(=O)c2ccc3cc(OC)c(OC)cc3n2)cc1. The smallest absolute Gasteiger partial charge is 0.269 e. The van der Waals surface area contributed by atoms with E-state index in [9.17, 15) is 9.59 Å². The highest BCUT2D eigenvalue weighted by molar-refractivity contribution is 5.95. The van der Waals surface area contributed by atoms with Crippen LogP contribution in [-0.2, 0) is 4.79 Å². The fourth-order valence-electron chi connectivity index (χ4n) is 2.97. The molecule has 0 aliphatic heterocycles. The standard InChI is InChI=1S/C24H25N3O5/c1-30-18-8-4-16(5-9-18)6-11-23(28)25-12-13-26-24(29)19-10-7-17-14-21(31-2)22(32-3)15-20(17)27-19/h4-11,14-15H,12-13H2,1-3H3,(H,25,28)(H,26,29)/b11-6+. The van der Waals surface area contributed by atoms with Crippen LogP contribution in [-0.4, -0.2) is 51.2 Å². The molecule has 8 nitrogen and oxygen atoms in total. The zero-order valence-corrected chi connectivity index (χ0v) is 18.2. The molecule has 0 unspecified atom stereocenters. The third kappa shape index (κ3) is 5.75. The summed E-state index contributed by atoms with van der Waals surface area (Å²) in [6.07, 6.45) is 3.14. The van der Waals surface area contributed by atoms with Gasteiger partial charge in [-0.15, -0.1) is 0 Å². The Bertz CT molecular complexity index is 1130. The molecule has 2 N–H and O–H groups in total. The lowest BCUT2D eigenvalue weighted by Gasteiger charge is -2.10. The first-order valence-corrected chi connectivity index (χ1v) is 9.95. The number of fused-ring (bicyclic) bond motifs is 1. The Hall–Kier alpha value is -4.07. The highest BCUT2D eigenvalue weighted by atomic mass is 16.5. The van der Waals surface area contributed by atoms with Crippen molar-refractivity contribution >= 4 is 28.8 Å². The molecule has 3 aromatic rings. The van der Waals surface area contributed by atoms with Crippen molar-refractivity contribution in [1.29, 1.82) is 0 Å². The van der Waals surface area contributed by atoms with Crippen molar-refractivity contribution < 1.29 is 23.8 Å². The van der Waals surface area contributed by atoms with Crippen molar-refractivity contribution in [2.75, 3.05) is 34.4 Å². The Morgan fingerprint density at radius 1 is 0.875 bits per heavy atom. The largest absolute Gasteiger partial charge is 0.497 e. The number of nitrogens with one attached hydrogen (secondary N) is 2. The highest BCUT2D eigenvalue weighted by Crippen LogP contribution is 2.31. The molecule has 0 saturated heterocycles. The van der Waals surface area contributed by atoms with Gasteiger partial charge in [0.2, 0.25) is 5.91 Å². The number of nitrogens with zero attached hydrogens (tertiary/aromatic N) is 1. The number of hydrogen-bond donors (Lipinski definition) is 2. The maximum absolute atomic E-state index is 12.4. The second-order valence-electron chi connectivity index (χ2n) is 6.75. The number of aromatic nitrogens is 1. The molecule has 0 bridgehead atoms. The van der Waals surface area contributed by atoms with Crippen LogP contribution in [0.4, 0.5) is 0 Å². The van der Waals surface area contributed by atoms with E-state index in [1.54, 1.807) is 51.7 Å². The molecule has 0 saturated carbocycles. The first-order valence-electron chi connectivity index (χ1n) is 9.95. The van der Waals surface area contributed by atoms with Crippen molar-refractivity contribution in [1.82, 2.24) is 15.6 Å². The van der Waals surface area contributed by atoms with Gasteiger partial charge in [-0.2, -0.15) is 0 Å². The number of methoxy groups -OCH3 is 3. The van der Waals surface area contributed by atoms with E-state index in [-0.39, 0.29) is 30.6 Å². The zero-order valence-electron chi connectivity index (χ0n) is 18.2. The van der Waals surface area contributed by atoms with Gasteiger partial charge in [0, 0.05) is 30.6 Å². The van der Waals surface area contributed by atoms with E-state index in [1.165, 1.54) is 6.08 Å². The molecule has 0 fully saturated rings. The van der Waals surface area contributed by atoms with Crippen LogP contribution in [0.5, 0.6) is 17.2 Å². The minimum absolute atomic E-state index is 0.250. The number of ether oxygens (including phenoxy) is 3. The van der Waals surface area contributed by atoms with Crippen LogP contribution in [0, 0.1) is 0 Å². The molecule has 166 valence electrons. The summed E-state index contributed by atoms with van der Waals surface area (Å²) in [6, 6.07) is 14.3. The third-order valence-corrected chi connectivity index (χ3v) is 4.68. The quantitative estimate of drug-likeness (QED) is 0.396.